The summed E-state index contributed by atoms with van der Waals surface area (Å²) in [5.41, 5.74) is 2.87. The van der Waals surface area contributed by atoms with Crippen LogP contribution in [0.25, 0.3) is 10.2 Å². The smallest absolute Gasteiger partial charge is 0.325 e. The molecule has 0 aliphatic carbocycles. The molecule has 3 amide bonds. The molecule has 5 rings (SSSR count). The molecule has 1 saturated heterocycles. The van der Waals surface area contributed by atoms with Gasteiger partial charge in [-0.05, 0) is 49.5 Å². The number of carbonyl (C=O) groups is 2. The lowest BCUT2D eigenvalue weighted by Crippen LogP contribution is -2.44. The van der Waals surface area contributed by atoms with Crippen molar-refractivity contribution in [2.45, 2.75) is 0 Å². The first-order valence-corrected chi connectivity index (χ1v) is 12.7. The number of urea groups is 1. The number of hydrogen-bond acceptors (Lipinski definition) is 8. The maximum atomic E-state index is 12.6. The van der Waals surface area contributed by atoms with Gasteiger partial charge in [-0.3, -0.25) is 15.1 Å². The van der Waals surface area contributed by atoms with Gasteiger partial charge >= 0.3 is 6.03 Å². The van der Waals surface area contributed by atoms with Gasteiger partial charge in [0.25, 0.3) is 5.91 Å². The predicted molar refractivity (Wildman–Crippen MR) is 146 cm³/mol. The second-order valence-electron chi connectivity index (χ2n) is 8.62. The second-order valence-corrected chi connectivity index (χ2v) is 9.65. The van der Waals surface area contributed by atoms with E-state index in [-0.39, 0.29) is 17.6 Å². The quantitative estimate of drug-likeness (QED) is 0.351. The zero-order valence-electron chi connectivity index (χ0n) is 20.5. The third-order valence-corrected chi connectivity index (χ3v) is 6.93. The van der Waals surface area contributed by atoms with Crippen molar-refractivity contribution < 1.29 is 14.3 Å². The predicted octanol–water partition coefficient (Wildman–Crippen LogP) is 4.24. The largest absolute Gasteiger partial charge is 0.457 e. The molecule has 4 aromatic rings. The Balaban J connectivity index is 1.20. The molecule has 0 saturated carbocycles. The van der Waals surface area contributed by atoms with Crippen molar-refractivity contribution in [2.24, 2.45) is 0 Å². The minimum Gasteiger partial charge on any atom is -0.457 e. The molecule has 0 radical (unpaired) electrons. The van der Waals surface area contributed by atoms with Crippen molar-refractivity contribution in [2.75, 3.05) is 55.8 Å². The van der Waals surface area contributed by atoms with Crippen LogP contribution in [0, 0.1) is 0 Å². The number of benzene rings is 2. The number of carbonyl (C=O) groups excluding carboxylic acids is 2. The summed E-state index contributed by atoms with van der Waals surface area (Å²) in [5.74, 6) is 0.791. The molecule has 190 valence electrons. The van der Waals surface area contributed by atoms with Crippen LogP contribution in [0.15, 0.2) is 60.8 Å². The average Bonchev–Trinajstić information content (AvgIpc) is 3.30. The Morgan fingerprint density at radius 2 is 1.70 bits per heavy atom. The molecule has 1 aliphatic heterocycles. The molecule has 1 fully saturated rings. The van der Waals surface area contributed by atoms with Crippen molar-refractivity contribution in [3.63, 3.8) is 0 Å². The maximum absolute atomic E-state index is 12.6. The third-order valence-electron chi connectivity index (χ3n) is 6.00. The second kappa shape index (κ2) is 10.8. The molecule has 37 heavy (non-hydrogen) atoms. The first kappa shape index (κ1) is 24.5. The van der Waals surface area contributed by atoms with Gasteiger partial charge in [-0.25, -0.2) is 9.78 Å². The lowest BCUT2D eigenvalue weighted by Gasteiger charge is -2.34. The lowest BCUT2D eigenvalue weighted by molar-refractivity contribution is 0.0958. The van der Waals surface area contributed by atoms with Crippen molar-refractivity contribution in [3.05, 3.63) is 66.5 Å². The molecule has 3 N–H and O–H groups in total. The molecule has 0 spiro atoms. The Morgan fingerprint density at radius 1 is 0.946 bits per heavy atom. The summed E-state index contributed by atoms with van der Waals surface area (Å²) in [6.45, 7) is 4.07. The number of hydrogen-bond donors (Lipinski definition) is 3. The number of amides is 3. The topological polar surface area (TPSA) is 112 Å². The lowest BCUT2D eigenvalue weighted by atomic mass is 10.2. The summed E-state index contributed by atoms with van der Waals surface area (Å²) < 4.78 is 6.75. The molecule has 1 aliphatic rings. The van der Waals surface area contributed by atoms with Crippen LogP contribution in [0.4, 0.5) is 21.3 Å². The number of anilines is 3. The zero-order chi connectivity index (χ0) is 25.8. The highest BCUT2D eigenvalue weighted by atomic mass is 32.1. The first-order chi connectivity index (χ1) is 18.0. The van der Waals surface area contributed by atoms with E-state index in [1.54, 1.807) is 25.2 Å². The van der Waals surface area contributed by atoms with Crippen LogP contribution in [0.5, 0.6) is 11.5 Å². The number of rotatable bonds is 6. The zero-order valence-corrected chi connectivity index (χ0v) is 21.3. The molecule has 2 aromatic carbocycles. The number of pyridine rings is 1. The molecule has 0 atom stereocenters. The van der Waals surface area contributed by atoms with E-state index in [1.807, 2.05) is 36.4 Å². The van der Waals surface area contributed by atoms with Crippen molar-refractivity contribution in [1.82, 2.24) is 20.2 Å². The van der Waals surface area contributed by atoms with Crippen LogP contribution in [-0.4, -0.2) is 67.1 Å². The van der Waals surface area contributed by atoms with Crippen molar-refractivity contribution in [1.29, 1.82) is 0 Å². The summed E-state index contributed by atoms with van der Waals surface area (Å²) in [6.07, 6.45) is 1.52. The van der Waals surface area contributed by atoms with E-state index in [0.717, 1.165) is 42.1 Å². The number of nitrogens with one attached hydrogen (secondary N) is 3. The summed E-state index contributed by atoms with van der Waals surface area (Å²) in [4.78, 5) is 37.6. The fourth-order valence-corrected chi connectivity index (χ4v) is 4.85. The average molecular weight is 518 g/mol. The number of fused-ring (bicyclic) bond motifs is 1. The first-order valence-electron chi connectivity index (χ1n) is 11.8. The van der Waals surface area contributed by atoms with Crippen LogP contribution in [-0.2, 0) is 0 Å². The number of thiazole rings is 1. The van der Waals surface area contributed by atoms with Gasteiger partial charge in [0.05, 0.1) is 10.2 Å². The maximum Gasteiger partial charge on any atom is 0.325 e. The van der Waals surface area contributed by atoms with E-state index in [2.05, 4.69) is 42.8 Å². The van der Waals surface area contributed by atoms with Gasteiger partial charge in [0.15, 0.2) is 5.13 Å². The fraction of sp³-hybridized carbons (Fsp3) is 0.231. The monoisotopic (exact) mass is 517 g/mol. The Labute approximate surface area is 218 Å². The number of nitrogens with zero attached hydrogens (tertiary/aromatic N) is 4. The fourth-order valence-electron chi connectivity index (χ4n) is 3.96. The van der Waals surface area contributed by atoms with Crippen LogP contribution in [0.1, 0.15) is 10.5 Å². The van der Waals surface area contributed by atoms with E-state index in [1.165, 1.54) is 17.5 Å². The highest BCUT2D eigenvalue weighted by molar-refractivity contribution is 7.22. The molecule has 0 unspecified atom stereocenters. The normalized spacial score (nSPS) is 13.8. The Kier molecular flexibility index (Phi) is 7.15. The molecule has 3 heterocycles. The number of piperazine rings is 1. The van der Waals surface area contributed by atoms with Gasteiger partial charge in [-0.1, -0.05) is 11.3 Å². The minimum atomic E-state index is -0.360. The van der Waals surface area contributed by atoms with Crippen LogP contribution in [0.3, 0.4) is 0 Å². The van der Waals surface area contributed by atoms with E-state index in [0.29, 0.717) is 22.3 Å². The van der Waals surface area contributed by atoms with Gasteiger partial charge in [-0.15, -0.1) is 0 Å². The van der Waals surface area contributed by atoms with Gasteiger partial charge in [0.2, 0.25) is 0 Å². The van der Waals surface area contributed by atoms with E-state index < -0.39 is 0 Å². The molecular formula is C26H27N7O3S. The van der Waals surface area contributed by atoms with Gasteiger partial charge in [-0.2, -0.15) is 0 Å². The third kappa shape index (κ3) is 5.96. The van der Waals surface area contributed by atoms with Gasteiger partial charge in [0.1, 0.15) is 17.2 Å². The molecule has 0 bridgehead atoms. The number of aromatic nitrogens is 2. The van der Waals surface area contributed by atoms with Crippen molar-refractivity contribution >= 4 is 50.0 Å². The van der Waals surface area contributed by atoms with Crippen LogP contribution < -0.4 is 25.6 Å². The summed E-state index contributed by atoms with van der Waals surface area (Å²) in [7, 11) is 3.68. The Hall–Kier alpha value is -4.22. The van der Waals surface area contributed by atoms with Crippen LogP contribution in [0.2, 0.25) is 0 Å². The Bertz CT molecular complexity index is 1420. The van der Waals surface area contributed by atoms with Crippen LogP contribution >= 0.6 is 11.3 Å². The summed E-state index contributed by atoms with van der Waals surface area (Å²) in [5, 5.41) is 8.69. The van der Waals surface area contributed by atoms with Gasteiger partial charge < -0.3 is 25.2 Å². The minimum absolute atomic E-state index is 0.269. The number of likely N-dealkylation sites (N-methyl/N-ethyl adjacent to an activating group) is 1. The van der Waals surface area contributed by atoms with E-state index in [4.69, 9.17) is 4.74 Å². The molecule has 11 heteroatoms. The standard InChI is InChI=1S/C26H27N7O3S/c1-27-24(34)22-15-20(9-10-28-22)36-19-7-8-21-23(16-19)37-26(30-21)31-25(35)29-17-3-5-18(6-4-17)33-13-11-32(2)12-14-33/h3-10,15-16H,11-14H2,1-2H3,(H,27,34)(H2,29,30,31,35). The summed E-state index contributed by atoms with van der Waals surface area (Å²) in [6, 6.07) is 16.2. The molecule has 10 nitrogen and oxygen atoms in total. The summed E-state index contributed by atoms with van der Waals surface area (Å²) >= 11 is 1.34. The highest BCUT2D eigenvalue weighted by Gasteiger charge is 2.15. The number of ether oxygens (including phenoxy) is 1. The Morgan fingerprint density at radius 3 is 2.46 bits per heavy atom. The van der Waals surface area contributed by atoms with E-state index in [9.17, 15) is 9.59 Å². The van der Waals surface area contributed by atoms with Crippen molar-refractivity contribution in [3.8, 4) is 11.5 Å². The molecular weight excluding hydrogens is 490 g/mol. The molecule has 2 aromatic heterocycles. The van der Waals surface area contributed by atoms with Gasteiger partial charge in [0, 0.05) is 62.9 Å². The SMILES string of the molecule is CNC(=O)c1cc(Oc2ccc3nc(NC(=O)Nc4ccc(N5CCN(C)CC5)cc4)sc3c2)ccn1. The highest BCUT2D eigenvalue weighted by Crippen LogP contribution is 2.31. The van der Waals surface area contributed by atoms with E-state index >= 15 is 0 Å².